The van der Waals surface area contributed by atoms with E-state index in [1.165, 1.54) is 5.56 Å². The van der Waals surface area contributed by atoms with E-state index in [4.69, 9.17) is 9.15 Å². The SMILES string of the molecule is CCNCCNC(=O)c1ccc(COc2ccc(C)cc2C)o1. The Labute approximate surface area is 137 Å². The molecule has 0 aliphatic rings. The van der Waals surface area contributed by atoms with Crippen molar-refractivity contribution < 1.29 is 13.9 Å². The van der Waals surface area contributed by atoms with Gasteiger partial charge in [0.05, 0.1) is 0 Å². The second kappa shape index (κ2) is 8.39. The molecule has 23 heavy (non-hydrogen) atoms. The summed E-state index contributed by atoms with van der Waals surface area (Å²) in [6, 6.07) is 9.46. The van der Waals surface area contributed by atoms with Crippen molar-refractivity contribution in [1.29, 1.82) is 0 Å². The number of benzene rings is 1. The molecule has 1 aromatic heterocycles. The van der Waals surface area contributed by atoms with Crippen molar-refractivity contribution in [3.05, 3.63) is 53.0 Å². The molecule has 2 aromatic rings. The first-order chi connectivity index (χ1) is 11.1. The van der Waals surface area contributed by atoms with Gasteiger partial charge < -0.3 is 19.8 Å². The highest BCUT2D eigenvalue weighted by atomic mass is 16.5. The average molecular weight is 316 g/mol. The molecule has 0 saturated carbocycles. The quantitative estimate of drug-likeness (QED) is 0.735. The highest BCUT2D eigenvalue weighted by Crippen LogP contribution is 2.20. The van der Waals surface area contributed by atoms with Crippen molar-refractivity contribution in [2.75, 3.05) is 19.6 Å². The second-order valence-corrected chi connectivity index (χ2v) is 5.43. The van der Waals surface area contributed by atoms with E-state index in [0.29, 0.717) is 24.7 Å². The number of aryl methyl sites for hydroxylation is 2. The number of carbonyl (C=O) groups excluding carboxylic acids is 1. The van der Waals surface area contributed by atoms with Crippen LogP contribution in [0, 0.1) is 13.8 Å². The lowest BCUT2D eigenvalue weighted by Gasteiger charge is -2.08. The molecule has 0 aliphatic carbocycles. The molecular weight excluding hydrogens is 292 g/mol. The average Bonchev–Trinajstić information content (AvgIpc) is 2.99. The minimum Gasteiger partial charge on any atom is -0.485 e. The van der Waals surface area contributed by atoms with Crippen LogP contribution < -0.4 is 15.4 Å². The number of hydrogen-bond donors (Lipinski definition) is 2. The van der Waals surface area contributed by atoms with E-state index in [-0.39, 0.29) is 5.91 Å². The Hall–Kier alpha value is -2.27. The molecule has 2 rings (SSSR count). The Morgan fingerprint density at radius 2 is 2.00 bits per heavy atom. The summed E-state index contributed by atoms with van der Waals surface area (Å²) in [4.78, 5) is 11.9. The summed E-state index contributed by atoms with van der Waals surface area (Å²) in [5.74, 6) is 1.55. The van der Waals surface area contributed by atoms with Crippen LogP contribution in [0.5, 0.6) is 5.75 Å². The van der Waals surface area contributed by atoms with Crippen molar-refractivity contribution in [1.82, 2.24) is 10.6 Å². The smallest absolute Gasteiger partial charge is 0.287 e. The number of ether oxygens (including phenoxy) is 1. The lowest BCUT2D eigenvalue weighted by Crippen LogP contribution is -2.31. The summed E-state index contributed by atoms with van der Waals surface area (Å²) in [6.45, 7) is 8.58. The monoisotopic (exact) mass is 316 g/mol. The Balaban J connectivity index is 1.85. The molecule has 124 valence electrons. The van der Waals surface area contributed by atoms with Crippen LogP contribution in [-0.4, -0.2) is 25.5 Å². The first-order valence-electron chi connectivity index (χ1n) is 7.88. The van der Waals surface area contributed by atoms with E-state index >= 15 is 0 Å². The molecular formula is C18H24N2O3. The van der Waals surface area contributed by atoms with E-state index in [2.05, 4.69) is 16.7 Å². The van der Waals surface area contributed by atoms with Gasteiger partial charge in [0.25, 0.3) is 5.91 Å². The largest absolute Gasteiger partial charge is 0.485 e. The van der Waals surface area contributed by atoms with Crippen LogP contribution in [0.1, 0.15) is 34.4 Å². The number of rotatable bonds is 8. The first-order valence-corrected chi connectivity index (χ1v) is 7.88. The van der Waals surface area contributed by atoms with Gasteiger partial charge >= 0.3 is 0 Å². The van der Waals surface area contributed by atoms with E-state index < -0.39 is 0 Å². The zero-order valence-electron chi connectivity index (χ0n) is 13.9. The fourth-order valence-electron chi connectivity index (χ4n) is 2.22. The third-order valence-electron chi connectivity index (χ3n) is 3.42. The number of hydrogen-bond acceptors (Lipinski definition) is 4. The molecule has 1 heterocycles. The summed E-state index contributed by atoms with van der Waals surface area (Å²) >= 11 is 0. The number of furan rings is 1. The highest BCUT2D eigenvalue weighted by molar-refractivity contribution is 5.91. The van der Waals surface area contributed by atoms with Gasteiger partial charge in [0.1, 0.15) is 18.1 Å². The summed E-state index contributed by atoms with van der Waals surface area (Å²) < 4.78 is 11.3. The molecule has 2 N–H and O–H groups in total. The molecule has 0 bridgehead atoms. The molecule has 0 atom stereocenters. The van der Waals surface area contributed by atoms with Gasteiger partial charge in [-0.05, 0) is 44.2 Å². The normalized spacial score (nSPS) is 10.6. The van der Waals surface area contributed by atoms with Crippen molar-refractivity contribution >= 4 is 5.91 Å². The molecule has 5 nitrogen and oxygen atoms in total. The van der Waals surface area contributed by atoms with Crippen LogP contribution in [0.4, 0.5) is 0 Å². The summed E-state index contributed by atoms with van der Waals surface area (Å²) in [7, 11) is 0. The number of carbonyl (C=O) groups is 1. The number of nitrogens with one attached hydrogen (secondary N) is 2. The molecule has 0 fully saturated rings. The maximum Gasteiger partial charge on any atom is 0.287 e. The zero-order chi connectivity index (χ0) is 16.7. The minimum atomic E-state index is -0.208. The minimum absolute atomic E-state index is 0.208. The summed E-state index contributed by atoms with van der Waals surface area (Å²) in [6.07, 6.45) is 0. The highest BCUT2D eigenvalue weighted by Gasteiger charge is 2.11. The second-order valence-electron chi connectivity index (χ2n) is 5.43. The molecule has 0 unspecified atom stereocenters. The maximum absolute atomic E-state index is 11.9. The van der Waals surface area contributed by atoms with Crippen LogP contribution in [0.25, 0.3) is 0 Å². The van der Waals surface area contributed by atoms with E-state index in [0.717, 1.165) is 24.4 Å². The Kier molecular flexibility index (Phi) is 6.23. The molecule has 1 aromatic carbocycles. The number of likely N-dealkylation sites (N-methyl/N-ethyl adjacent to an activating group) is 1. The fraction of sp³-hybridized carbons (Fsp3) is 0.389. The third-order valence-corrected chi connectivity index (χ3v) is 3.42. The molecule has 0 aliphatic heterocycles. The third kappa shape index (κ3) is 5.14. The first kappa shape index (κ1) is 17.1. The van der Waals surface area contributed by atoms with Gasteiger partial charge in [0, 0.05) is 13.1 Å². The van der Waals surface area contributed by atoms with Crippen molar-refractivity contribution in [3.63, 3.8) is 0 Å². The number of amides is 1. The van der Waals surface area contributed by atoms with Crippen LogP contribution in [-0.2, 0) is 6.61 Å². The fourth-order valence-corrected chi connectivity index (χ4v) is 2.22. The van der Waals surface area contributed by atoms with Crippen LogP contribution in [0.15, 0.2) is 34.7 Å². The topological polar surface area (TPSA) is 63.5 Å². The van der Waals surface area contributed by atoms with Crippen molar-refractivity contribution in [3.8, 4) is 5.75 Å². The van der Waals surface area contributed by atoms with Crippen molar-refractivity contribution in [2.24, 2.45) is 0 Å². The molecule has 0 spiro atoms. The summed E-state index contributed by atoms with van der Waals surface area (Å²) in [5, 5.41) is 5.94. The zero-order valence-corrected chi connectivity index (χ0v) is 13.9. The lowest BCUT2D eigenvalue weighted by atomic mass is 10.1. The molecule has 5 heteroatoms. The van der Waals surface area contributed by atoms with E-state index in [1.54, 1.807) is 12.1 Å². The Bertz CT molecular complexity index is 649. The van der Waals surface area contributed by atoms with Gasteiger partial charge in [0.15, 0.2) is 5.76 Å². The lowest BCUT2D eigenvalue weighted by molar-refractivity contribution is 0.0922. The molecule has 0 radical (unpaired) electrons. The van der Waals surface area contributed by atoms with Crippen molar-refractivity contribution in [2.45, 2.75) is 27.4 Å². The Morgan fingerprint density at radius 1 is 1.17 bits per heavy atom. The van der Waals surface area contributed by atoms with E-state index in [9.17, 15) is 4.79 Å². The van der Waals surface area contributed by atoms with Crippen LogP contribution in [0.3, 0.4) is 0 Å². The predicted octanol–water partition coefficient (Wildman–Crippen LogP) is 2.81. The molecule has 0 saturated heterocycles. The standard InChI is InChI=1S/C18H24N2O3/c1-4-19-9-10-20-18(21)17-8-6-15(23-17)12-22-16-7-5-13(2)11-14(16)3/h5-8,11,19H,4,9-10,12H2,1-3H3,(H,20,21). The van der Waals surface area contributed by atoms with Gasteiger partial charge in [-0.1, -0.05) is 24.6 Å². The molecule has 1 amide bonds. The van der Waals surface area contributed by atoms with Gasteiger partial charge in [0.2, 0.25) is 0 Å². The van der Waals surface area contributed by atoms with E-state index in [1.807, 2.05) is 32.9 Å². The van der Waals surface area contributed by atoms with Gasteiger partial charge in [-0.15, -0.1) is 0 Å². The Morgan fingerprint density at radius 3 is 2.74 bits per heavy atom. The predicted molar refractivity (Wildman–Crippen MR) is 89.8 cm³/mol. The van der Waals surface area contributed by atoms with Crippen LogP contribution >= 0.6 is 0 Å². The summed E-state index contributed by atoms with van der Waals surface area (Å²) in [5.41, 5.74) is 2.28. The maximum atomic E-state index is 11.9. The van der Waals surface area contributed by atoms with Crippen LogP contribution in [0.2, 0.25) is 0 Å². The van der Waals surface area contributed by atoms with Gasteiger partial charge in [-0.25, -0.2) is 0 Å². The van der Waals surface area contributed by atoms with Gasteiger partial charge in [-0.2, -0.15) is 0 Å². The van der Waals surface area contributed by atoms with Gasteiger partial charge in [-0.3, -0.25) is 4.79 Å².